The van der Waals surface area contributed by atoms with Crippen LogP contribution in [-0.4, -0.2) is 21.6 Å². The largest absolute Gasteiger partial charge is 0.454 e. The Hall–Kier alpha value is -3.58. The van der Waals surface area contributed by atoms with E-state index in [9.17, 15) is 0 Å². The van der Waals surface area contributed by atoms with Gasteiger partial charge in [-0.1, -0.05) is 24.3 Å². The van der Waals surface area contributed by atoms with Crippen LogP contribution >= 0.6 is 0 Å². The Morgan fingerprint density at radius 1 is 1.04 bits per heavy atom. The van der Waals surface area contributed by atoms with Gasteiger partial charge in [0, 0.05) is 12.7 Å². The first-order valence-electron chi connectivity index (χ1n) is 9.07. The lowest BCUT2D eigenvalue weighted by Gasteiger charge is -2.10. The minimum absolute atomic E-state index is 0.282. The van der Waals surface area contributed by atoms with E-state index in [-0.39, 0.29) is 6.79 Å². The second-order valence-corrected chi connectivity index (χ2v) is 6.56. The topological polar surface area (TPSA) is 73.2 Å². The highest BCUT2D eigenvalue weighted by atomic mass is 16.7. The first kappa shape index (κ1) is 16.6. The number of rotatable bonds is 5. The van der Waals surface area contributed by atoms with E-state index in [1.54, 1.807) is 6.20 Å². The summed E-state index contributed by atoms with van der Waals surface area (Å²) in [6, 6.07) is 17.9. The Labute approximate surface area is 161 Å². The summed E-state index contributed by atoms with van der Waals surface area (Å²) in [5.74, 6) is 1.57. The molecule has 0 atom stereocenters. The maximum Gasteiger partial charge on any atom is 0.231 e. The second kappa shape index (κ2) is 6.86. The fraction of sp³-hybridized carbons (Fsp3) is 0.143. The van der Waals surface area contributed by atoms with Gasteiger partial charge in [0.15, 0.2) is 17.1 Å². The highest BCUT2D eigenvalue weighted by Crippen LogP contribution is 2.32. The molecule has 28 heavy (non-hydrogen) atoms. The maximum atomic E-state index is 5.43. The molecule has 0 bridgehead atoms. The van der Waals surface area contributed by atoms with Crippen molar-refractivity contribution in [1.29, 1.82) is 0 Å². The molecule has 140 valence electrons. The SMILES string of the molecule is Cc1nn(-c2ccccc2)c2nccc(NNCc3ccc4c(c3)OCO4)c12. The third kappa shape index (κ3) is 2.91. The van der Waals surface area contributed by atoms with Crippen LogP contribution in [-0.2, 0) is 6.54 Å². The lowest BCUT2D eigenvalue weighted by molar-refractivity contribution is 0.174. The summed E-state index contributed by atoms with van der Waals surface area (Å²) in [6.45, 7) is 2.91. The van der Waals surface area contributed by atoms with E-state index in [0.29, 0.717) is 6.54 Å². The number of hydrazine groups is 1. The van der Waals surface area contributed by atoms with Crippen molar-refractivity contribution in [2.45, 2.75) is 13.5 Å². The summed E-state index contributed by atoms with van der Waals surface area (Å²) < 4.78 is 12.7. The molecule has 5 rings (SSSR count). The summed E-state index contributed by atoms with van der Waals surface area (Å²) in [4.78, 5) is 4.55. The molecule has 1 aliphatic heterocycles. The number of nitrogens with zero attached hydrogens (tertiary/aromatic N) is 3. The van der Waals surface area contributed by atoms with Crippen molar-refractivity contribution in [2.75, 3.05) is 12.2 Å². The molecule has 0 unspecified atom stereocenters. The Morgan fingerprint density at radius 2 is 1.89 bits per heavy atom. The summed E-state index contributed by atoms with van der Waals surface area (Å²) in [6.07, 6.45) is 1.79. The maximum absolute atomic E-state index is 5.43. The predicted molar refractivity (Wildman–Crippen MR) is 107 cm³/mol. The van der Waals surface area contributed by atoms with Gasteiger partial charge in [0.1, 0.15) is 0 Å². The van der Waals surface area contributed by atoms with E-state index in [2.05, 4.69) is 20.9 Å². The predicted octanol–water partition coefficient (Wildman–Crippen LogP) is 3.57. The van der Waals surface area contributed by atoms with Crippen molar-refractivity contribution in [3.63, 3.8) is 0 Å². The molecule has 7 heteroatoms. The Kier molecular flexibility index (Phi) is 4.06. The molecule has 0 saturated heterocycles. The number of para-hydroxylation sites is 1. The van der Waals surface area contributed by atoms with E-state index in [4.69, 9.17) is 9.47 Å². The van der Waals surface area contributed by atoms with Gasteiger partial charge in [-0.3, -0.25) is 0 Å². The van der Waals surface area contributed by atoms with Crippen LogP contribution < -0.4 is 20.3 Å². The van der Waals surface area contributed by atoms with E-state index in [1.165, 1.54) is 0 Å². The highest BCUT2D eigenvalue weighted by molar-refractivity contribution is 5.92. The van der Waals surface area contributed by atoms with E-state index >= 15 is 0 Å². The fourth-order valence-corrected chi connectivity index (χ4v) is 3.36. The van der Waals surface area contributed by atoms with Crippen molar-refractivity contribution in [3.8, 4) is 17.2 Å². The minimum atomic E-state index is 0.282. The molecule has 2 N–H and O–H groups in total. The molecule has 0 aliphatic carbocycles. The van der Waals surface area contributed by atoms with Crippen LogP contribution in [0.5, 0.6) is 11.5 Å². The fourth-order valence-electron chi connectivity index (χ4n) is 3.36. The number of aryl methyl sites for hydroxylation is 1. The molecule has 0 spiro atoms. The second-order valence-electron chi connectivity index (χ2n) is 6.56. The molecule has 2 aromatic carbocycles. The number of nitrogens with one attached hydrogen (secondary N) is 2. The lowest BCUT2D eigenvalue weighted by Crippen LogP contribution is -2.21. The molecule has 3 heterocycles. The normalized spacial score (nSPS) is 12.5. The standard InChI is InChI=1S/C21H19N5O2/c1-14-20-17(24-23-12-15-7-8-18-19(11-15)28-13-27-18)9-10-22-21(20)26(25-14)16-5-3-2-4-6-16/h2-11,23H,12-13H2,1H3,(H,22,24). The third-order valence-electron chi connectivity index (χ3n) is 4.70. The number of hydrogen-bond acceptors (Lipinski definition) is 6. The van der Waals surface area contributed by atoms with E-state index in [1.807, 2.05) is 66.2 Å². The zero-order valence-electron chi connectivity index (χ0n) is 15.3. The average Bonchev–Trinajstić information content (AvgIpc) is 3.33. The molecule has 2 aromatic heterocycles. The van der Waals surface area contributed by atoms with Gasteiger partial charge in [0.25, 0.3) is 0 Å². The van der Waals surface area contributed by atoms with Gasteiger partial charge in [-0.25, -0.2) is 15.1 Å². The van der Waals surface area contributed by atoms with Crippen LogP contribution in [0.3, 0.4) is 0 Å². The number of hydrogen-bond donors (Lipinski definition) is 2. The van der Waals surface area contributed by atoms with Gasteiger partial charge >= 0.3 is 0 Å². The number of pyridine rings is 1. The zero-order chi connectivity index (χ0) is 18.9. The molecular weight excluding hydrogens is 354 g/mol. The summed E-state index contributed by atoms with van der Waals surface area (Å²) in [7, 11) is 0. The third-order valence-corrected chi connectivity index (χ3v) is 4.70. The quantitative estimate of drug-likeness (QED) is 0.521. The number of ether oxygens (including phenoxy) is 2. The molecule has 7 nitrogen and oxygen atoms in total. The monoisotopic (exact) mass is 373 g/mol. The van der Waals surface area contributed by atoms with Crippen molar-refractivity contribution in [1.82, 2.24) is 20.2 Å². The van der Waals surface area contributed by atoms with Gasteiger partial charge in [0.2, 0.25) is 6.79 Å². The van der Waals surface area contributed by atoms with Gasteiger partial charge in [0.05, 0.1) is 22.5 Å². The Bertz CT molecular complexity index is 1140. The van der Waals surface area contributed by atoms with Gasteiger partial charge in [-0.2, -0.15) is 5.10 Å². The number of benzene rings is 2. The smallest absolute Gasteiger partial charge is 0.231 e. The van der Waals surface area contributed by atoms with Crippen molar-refractivity contribution in [2.24, 2.45) is 0 Å². The van der Waals surface area contributed by atoms with Crippen molar-refractivity contribution in [3.05, 3.63) is 72.1 Å². The first-order valence-corrected chi connectivity index (χ1v) is 9.07. The lowest BCUT2D eigenvalue weighted by atomic mass is 10.2. The van der Waals surface area contributed by atoms with Gasteiger partial charge in [-0.15, -0.1) is 0 Å². The van der Waals surface area contributed by atoms with Gasteiger partial charge in [-0.05, 0) is 42.8 Å². The average molecular weight is 373 g/mol. The molecular formula is C21H19N5O2. The highest BCUT2D eigenvalue weighted by Gasteiger charge is 2.15. The summed E-state index contributed by atoms with van der Waals surface area (Å²) >= 11 is 0. The molecule has 1 aliphatic rings. The minimum Gasteiger partial charge on any atom is -0.454 e. The molecule has 0 fully saturated rings. The van der Waals surface area contributed by atoms with E-state index < -0.39 is 0 Å². The number of fused-ring (bicyclic) bond motifs is 2. The van der Waals surface area contributed by atoms with Crippen LogP contribution in [0.1, 0.15) is 11.3 Å². The van der Waals surface area contributed by atoms with Crippen LogP contribution in [0.4, 0.5) is 5.69 Å². The Morgan fingerprint density at radius 3 is 2.79 bits per heavy atom. The summed E-state index contributed by atoms with van der Waals surface area (Å²) in [5, 5.41) is 5.67. The first-order chi connectivity index (χ1) is 13.8. The van der Waals surface area contributed by atoms with Crippen LogP contribution in [0.25, 0.3) is 16.7 Å². The van der Waals surface area contributed by atoms with Crippen LogP contribution in [0.15, 0.2) is 60.8 Å². The van der Waals surface area contributed by atoms with Crippen molar-refractivity contribution >= 4 is 16.7 Å². The molecule has 0 amide bonds. The number of aromatic nitrogens is 3. The number of anilines is 1. The molecule has 4 aromatic rings. The summed E-state index contributed by atoms with van der Waals surface area (Å²) in [5.41, 5.74) is 11.3. The van der Waals surface area contributed by atoms with Crippen LogP contribution in [0, 0.1) is 6.92 Å². The van der Waals surface area contributed by atoms with Crippen LogP contribution in [0.2, 0.25) is 0 Å². The molecule has 0 saturated carbocycles. The molecule has 0 radical (unpaired) electrons. The Balaban J connectivity index is 1.38. The van der Waals surface area contributed by atoms with E-state index in [0.717, 1.165) is 45.2 Å². The van der Waals surface area contributed by atoms with Crippen molar-refractivity contribution < 1.29 is 9.47 Å². The zero-order valence-corrected chi connectivity index (χ0v) is 15.3. The van der Waals surface area contributed by atoms with Gasteiger partial charge < -0.3 is 14.9 Å².